The zero-order chi connectivity index (χ0) is 7.56. The van der Waals surface area contributed by atoms with E-state index in [1.165, 1.54) is 0 Å². The van der Waals surface area contributed by atoms with Gasteiger partial charge < -0.3 is 11.5 Å². The Morgan fingerprint density at radius 2 is 2.50 bits per heavy atom. The van der Waals surface area contributed by atoms with Gasteiger partial charge in [-0.25, -0.2) is 4.98 Å². The third kappa shape index (κ3) is 1.34. The van der Waals surface area contributed by atoms with Crippen molar-refractivity contribution in [2.75, 3.05) is 6.54 Å². The second kappa shape index (κ2) is 3.09. The Kier molecular flexibility index (Phi) is 2.37. The zero-order valence-corrected chi connectivity index (χ0v) is 6.69. The second-order valence-corrected chi connectivity index (χ2v) is 3.03. The fraction of sp³-hybridized carbons (Fsp3) is 0.500. The fourth-order valence-corrected chi connectivity index (χ4v) is 1.59. The average molecular weight is 157 g/mol. The molecular weight excluding hydrogens is 146 g/mol. The third-order valence-electron chi connectivity index (χ3n) is 1.37. The summed E-state index contributed by atoms with van der Waals surface area (Å²) < 4.78 is 0. The van der Waals surface area contributed by atoms with Gasteiger partial charge in [-0.1, -0.05) is 0 Å². The van der Waals surface area contributed by atoms with Crippen molar-refractivity contribution in [3.63, 3.8) is 0 Å². The van der Waals surface area contributed by atoms with Gasteiger partial charge in [0.2, 0.25) is 0 Å². The Morgan fingerprint density at radius 3 is 2.90 bits per heavy atom. The number of aromatic nitrogens is 1. The molecule has 0 saturated carbocycles. The smallest absolute Gasteiger partial charge is 0.0798 e. The summed E-state index contributed by atoms with van der Waals surface area (Å²) in [6, 6.07) is -0.0347. The minimum Gasteiger partial charge on any atom is -0.329 e. The molecule has 0 fully saturated rings. The molecule has 4 N–H and O–H groups in total. The summed E-state index contributed by atoms with van der Waals surface area (Å²) in [6.45, 7) is 2.43. The van der Waals surface area contributed by atoms with Gasteiger partial charge in [-0.3, -0.25) is 0 Å². The molecule has 1 rings (SSSR count). The van der Waals surface area contributed by atoms with E-state index in [1.807, 2.05) is 6.92 Å². The van der Waals surface area contributed by atoms with Crippen molar-refractivity contribution >= 4 is 11.3 Å². The number of nitrogens with zero attached hydrogens (tertiary/aromatic N) is 1. The van der Waals surface area contributed by atoms with Gasteiger partial charge in [0, 0.05) is 11.4 Å². The first-order valence-corrected chi connectivity index (χ1v) is 3.99. The van der Waals surface area contributed by atoms with E-state index in [0.29, 0.717) is 6.54 Å². The molecule has 0 spiro atoms. The molecule has 1 aromatic heterocycles. The maximum atomic E-state index is 5.68. The molecule has 0 aliphatic carbocycles. The van der Waals surface area contributed by atoms with Gasteiger partial charge in [-0.2, -0.15) is 0 Å². The van der Waals surface area contributed by atoms with Crippen LogP contribution in [0.4, 0.5) is 0 Å². The number of aryl methyl sites for hydroxylation is 1. The van der Waals surface area contributed by atoms with Crippen molar-refractivity contribution in [3.05, 3.63) is 16.1 Å². The largest absolute Gasteiger partial charge is 0.329 e. The molecule has 3 nitrogen and oxygen atoms in total. The first-order chi connectivity index (χ1) is 4.75. The maximum absolute atomic E-state index is 5.68. The van der Waals surface area contributed by atoms with Gasteiger partial charge in [0.05, 0.1) is 17.2 Å². The van der Waals surface area contributed by atoms with Gasteiger partial charge in [0.15, 0.2) is 0 Å². The Hall–Kier alpha value is -0.450. The topological polar surface area (TPSA) is 64.9 Å². The number of thiazole rings is 1. The summed E-state index contributed by atoms with van der Waals surface area (Å²) in [7, 11) is 0. The van der Waals surface area contributed by atoms with E-state index in [1.54, 1.807) is 16.8 Å². The Labute approximate surface area is 64.1 Å². The van der Waals surface area contributed by atoms with E-state index in [2.05, 4.69) is 4.98 Å². The van der Waals surface area contributed by atoms with Crippen LogP contribution < -0.4 is 11.5 Å². The molecule has 0 aliphatic rings. The normalized spacial score (nSPS) is 13.5. The van der Waals surface area contributed by atoms with E-state index in [0.717, 1.165) is 10.6 Å². The lowest BCUT2D eigenvalue weighted by Crippen LogP contribution is -2.20. The molecular formula is C6H11N3S. The van der Waals surface area contributed by atoms with Crippen molar-refractivity contribution in [3.8, 4) is 0 Å². The van der Waals surface area contributed by atoms with Crippen LogP contribution in [0, 0.1) is 6.92 Å². The summed E-state index contributed by atoms with van der Waals surface area (Å²) in [5, 5.41) is 0. The summed E-state index contributed by atoms with van der Waals surface area (Å²) in [6.07, 6.45) is 0. The SMILES string of the molecule is Cc1ncsc1C(N)CN. The zero-order valence-electron chi connectivity index (χ0n) is 5.87. The van der Waals surface area contributed by atoms with Gasteiger partial charge >= 0.3 is 0 Å². The number of hydrogen-bond acceptors (Lipinski definition) is 4. The molecule has 0 aliphatic heterocycles. The van der Waals surface area contributed by atoms with Crippen LogP contribution in [0.3, 0.4) is 0 Å². The van der Waals surface area contributed by atoms with Gasteiger partial charge in [0.25, 0.3) is 0 Å². The third-order valence-corrected chi connectivity index (χ3v) is 2.44. The van der Waals surface area contributed by atoms with Crippen molar-refractivity contribution in [2.45, 2.75) is 13.0 Å². The lowest BCUT2D eigenvalue weighted by atomic mass is 10.2. The van der Waals surface area contributed by atoms with E-state index >= 15 is 0 Å². The van der Waals surface area contributed by atoms with Crippen molar-refractivity contribution in [1.82, 2.24) is 4.98 Å². The van der Waals surface area contributed by atoms with E-state index in [9.17, 15) is 0 Å². The van der Waals surface area contributed by atoms with Gasteiger partial charge in [-0.15, -0.1) is 11.3 Å². The number of rotatable bonds is 2. The molecule has 0 bridgehead atoms. The molecule has 1 atom stereocenters. The maximum Gasteiger partial charge on any atom is 0.0798 e. The molecule has 0 saturated heterocycles. The highest BCUT2D eigenvalue weighted by Gasteiger charge is 2.08. The van der Waals surface area contributed by atoms with Crippen LogP contribution in [-0.2, 0) is 0 Å². The minimum absolute atomic E-state index is 0.0347. The van der Waals surface area contributed by atoms with Crippen LogP contribution in [0.2, 0.25) is 0 Å². The van der Waals surface area contributed by atoms with Crippen LogP contribution in [0.25, 0.3) is 0 Å². The Balaban J connectivity index is 2.82. The average Bonchev–Trinajstić information content (AvgIpc) is 2.34. The fourth-order valence-electron chi connectivity index (χ4n) is 0.774. The summed E-state index contributed by atoms with van der Waals surface area (Å²) >= 11 is 1.57. The predicted molar refractivity (Wildman–Crippen MR) is 42.8 cm³/mol. The molecule has 0 amide bonds. The first-order valence-electron chi connectivity index (χ1n) is 3.11. The molecule has 56 valence electrons. The van der Waals surface area contributed by atoms with Crippen LogP contribution in [0.5, 0.6) is 0 Å². The molecule has 4 heteroatoms. The highest BCUT2D eigenvalue weighted by atomic mass is 32.1. The summed E-state index contributed by atoms with van der Waals surface area (Å²) in [5.41, 5.74) is 13.9. The van der Waals surface area contributed by atoms with Crippen molar-refractivity contribution < 1.29 is 0 Å². The Bertz CT molecular complexity index is 209. The first kappa shape index (κ1) is 7.65. The van der Waals surface area contributed by atoms with Crippen LogP contribution in [0.15, 0.2) is 5.51 Å². The number of hydrogen-bond donors (Lipinski definition) is 2. The highest BCUT2D eigenvalue weighted by molar-refractivity contribution is 7.09. The quantitative estimate of drug-likeness (QED) is 0.653. The standard InChI is InChI=1S/C6H11N3S/c1-4-6(5(8)2-7)10-3-9-4/h3,5H,2,7-8H2,1H3. The summed E-state index contributed by atoms with van der Waals surface area (Å²) in [5.74, 6) is 0. The molecule has 0 aromatic carbocycles. The molecule has 1 unspecified atom stereocenters. The Morgan fingerprint density at radius 1 is 1.80 bits per heavy atom. The van der Waals surface area contributed by atoms with E-state index in [4.69, 9.17) is 11.5 Å². The second-order valence-electron chi connectivity index (χ2n) is 2.14. The highest BCUT2D eigenvalue weighted by Crippen LogP contribution is 2.17. The molecule has 0 radical (unpaired) electrons. The van der Waals surface area contributed by atoms with Crippen LogP contribution in [0.1, 0.15) is 16.6 Å². The predicted octanol–water partition coefficient (Wildman–Crippen LogP) is 0.410. The van der Waals surface area contributed by atoms with Crippen LogP contribution in [-0.4, -0.2) is 11.5 Å². The lowest BCUT2D eigenvalue weighted by Gasteiger charge is -2.04. The monoisotopic (exact) mass is 157 g/mol. The summed E-state index contributed by atoms with van der Waals surface area (Å²) in [4.78, 5) is 5.17. The van der Waals surface area contributed by atoms with Gasteiger partial charge in [-0.05, 0) is 6.92 Å². The molecule has 1 heterocycles. The molecule has 1 aromatic rings. The lowest BCUT2D eigenvalue weighted by molar-refractivity contribution is 0.743. The number of nitrogens with two attached hydrogens (primary N) is 2. The minimum atomic E-state index is -0.0347. The van der Waals surface area contributed by atoms with E-state index < -0.39 is 0 Å². The van der Waals surface area contributed by atoms with Crippen molar-refractivity contribution in [1.29, 1.82) is 0 Å². The van der Waals surface area contributed by atoms with E-state index in [-0.39, 0.29) is 6.04 Å². The van der Waals surface area contributed by atoms with Gasteiger partial charge in [0.1, 0.15) is 0 Å². The van der Waals surface area contributed by atoms with Crippen LogP contribution >= 0.6 is 11.3 Å². The van der Waals surface area contributed by atoms with Crippen molar-refractivity contribution in [2.24, 2.45) is 11.5 Å². The molecule has 10 heavy (non-hydrogen) atoms.